The van der Waals surface area contributed by atoms with Crippen LogP contribution in [0, 0.1) is 0 Å². The first-order chi connectivity index (χ1) is 13.8. The zero-order valence-electron chi connectivity index (χ0n) is 16.9. The Hall–Kier alpha value is -2.30. The summed E-state index contributed by atoms with van der Waals surface area (Å²) in [6.07, 6.45) is 0. The van der Waals surface area contributed by atoms with Crippen molar-refractivity contribution >= 4 is 60.8 Å². The van der Waals surface area contributed by atoms with Crippen molar-refractivity contribution in [2.45, 2.75) is 38.0 Å². The highest BCUT2D eigenvalue weighted by Gasteiger charge is 2.19. The molecule has 0 fully saturated rings. The fourth-order valence-corrected chi connectivity index (χ4v) is 4.74. The number of anilines is 1. The van der Waals surface area contributed by atoms with Gasteiger partial charge in [0, 0.05) is 22.6 Å². The predicted molar refractivity (Wildman–Crippen MR) is 124 cm³/mol. The molecule has 0 unspecified atom stereocenters. The van der Waals surface area contributed by atoms with Gasteiger partial charge < -0.3 is 5.32 Å². The van der Waals surface area contributed by atoms with Crippen LogP contribution in [0.2, 0.25) is 0 Å². The molecule has 0 aromatic heterocycles. The largest absolute Gasteiger partial charge is 0.332 e. The lowest BCUT2D eigenvalue weighted by Crippen LogP contribution is -2.34. The summed E-state index contributed by atoms with van der Waals surface area (Å²) >= 11 is 8.67. The average Bonchev–Trinajstić information content (AvgIpc) is 2.59. The minimum absolute atomic E-state index is 0.0634. The molecule has 0 radical (unpaired) electrons. The van der Waals surface area contributed by atoms with Crippen LogP contribution in [0.25, 0.3) is 0 Å². The number of carbonyl (C=O) groups is 2. The summed E-state index contributed by atoms with van der Waals surface area (Å²) in [4.78, 5) is 23.4. The highest BCUT2D eigenvalue weighted by molar-refractivity contribution is 9.10. The number of benzene rings is 2. The molecular formula is C20H22BrN3O4S2. The molecule has 2 rings (SSSR count). The molecule has 0 aliphatic carbocycles. The Morgan fingerprint density at radius 1 is 1.03 bits per heavy atom. The maximum absolute atomic E-state index is 12.5. The van der Waals surface area contributed by atoms with Crippen molar-refractivity contribution in [3.8, 4) is 0 Å². The van der Waals surface area contributed by atoms with Gasteiger partial charge in [0.15, 0.2) is 5.11 Å². The zero-order valence-corrected chi connectivity index (χ0v) is 20.1. The smallest absolute Gasteiger partial charge is 0.264 e. The summed E-state index contributed by atoms with van der Waals surface area (Å²) in [5.41, 5.74) is 1.93. The Morgan fingerprint density at radius 2 is 1.63 bits per heavy atom. The van der Waals surface area contributed by atoms with Crippen molar-refractivity contribution in [2.24, 2.45) is 0 Å². The predicted octanol–water partition coefficient (Wildman–Crippen LogP) is 3.70. The van der Waals surface area contributed by atoms with E-state index in [4.69, 9.17) is 12.2 Å². The second-order valence-electron chi connectivity index (χ2n) is 7.54. The van der Waals surface area contributed by atoms with Gasteiger partial charge in [0.1, 0.15) is 0 Å². The molecule has 0 aliphatic rings. The van der Waals surface area contributed by atoms with Gasteiger partial charge in [-0.05, 0) is 59.6 Å². The fraction of sp³-hybridized carbons (Fsp3) is 0.250. The lowest BCUT2D eigenvalue weighted by atomic mass is 9.86. The number of hydrogen-bond acceptors (Lipinski definition) is 5. The molecule has 7 nitrogen and oxygen atoms in total. The van der Waals surface area contributed by atoms with Gasteiger partial charge in [0.05, 0.1) is 4.90 Å². The van der Waals surface area contributed by atoms with Crippen molar-refractivity contribution in [1.82, 2.24) is 10.0 Å². The van der Waals surface area contributed by atoms with Crippen LogP contribution >= 0.6 is 28.1 Å². The standard InChI is InChI=1S/C20H22BrN3O4S2/c1-12(25)24-30(27,28)15-8-6-14(7-9-15)22-19(29)23-18(26)13-5-10-16(17(21)11-13)20(2,3)4/h5-11H,1-4H3,(H,24,25)(H2,22,23,26,29). The topological polar surface area (TPSA) is 104 Å². The molecule has 0 spiro atoms. The van der Waals surface area contributed by atoms with E-state index in [1.807, 2.05) is 10.8 Å². The highest BCUT2D eigenvalue weighted by Crippen LogP contribution is 2.30. The summed E-state index contributed by atoms with van der Waals surface area (Å²) in [5, 5.41) is 5.47. The molecule has 30 heavy (non-hydrogen) atoms. The third-order valence-electron chi connectivity index (χ3n) is 3.97. The first-order valence-electron chi connectivity index (χ1n) is 8.85. The first-order valence-corrected chi connectivity index (χ1v) is 11.5. The van der Waals surface area contributed by atoms with Gasteiger partial charge in [0.2, 0.25) is 5.91 Å². The van der Waals surface area contributed by atoms with Gasteiger partial charge in [-0.25, -0.2) is 13.1 Å². The lowest BCUT2D eigenvalue weighted by Gasteiger charge is -2.21. The molecule has 10 heteroatoms. The third-order valence-corrected chi connectivity index (χ3v) is 6.28. The molecule has 0 saturated heterocycles. The normalized spacial score (nSPS) is 11.5. The average molecular weight is 512 g/mol. The Bertz CT molecular complexity index is 1090. The number of thiocarbonyl (C=S) groups is 1. The molecule has 2 aromatic carbocycles. The maximum atomic E-state index is 12.5. The SMILES string of the molecule is CC(=O)NS(=O)(=O)c1ccc(NC(=S)NC(=O)c2ccc(C(C)(C)C)c(Br)c2)cc1. The van der Waals surface area contributed by atoms with Gasteiger partial charge in [-0.3, -0.25) is 14.9 Å². The number of sulfonamides is 1. The number of nitrogens with one attached hydrogen (secondary N) is 3. The van der Waals surface area contributed by atoms with Crippen LogP contribution in [0.15, 0.2) is 51.8 Å². The fourth-order valence-electron chi connectivity index (χ4n) is 2.57. The highest BCUT2D eigenvalue weighted by atomic mass is 79.9. The molecule has 2 amide bonds. The van der Waals surface area contributed by atoms with Gasteiger partial charge in [-0.1, -0.05) is 42.8 Å². The molecule has 160 valence electrons. The van der Waals surface area contributed by atoms with Crippen molar-refractivity contribution in [3.63, 3.8) is 0 Å². The number of amides is 2. The molecule has 0 heterocycles. The quantitative estimate of drug-likeness (QED) is 0.540. The van der Waals surface area contributed by atoms with E-state index in [0.717, 1.165) is 17.0 Å². The Labute approximate surface area is 189 Å². The molecule has 0 atom stereocenters. The molecule has 0 bridgehead atoms. The number of halogens is 1. The maximum Gasteiger partial charge on any atom is 0.264 e. The second-order valence-corrected chi connectivity index (χ2v) is 10.5. The van der Waals surface area contributed by atoms with Crippen LogP contribution < -0.4 is 15.4 Å². The van der Waals surface area contributed by atoms with Crippen LogP contribution in [0.4, 0.5) is 5.69 Å². The van der Waals surface area contributed by atoms with Gasteiger partial charge >= 0.3 is 0 Å². The summed E-state index contributed by atoms with van der Waals surface area (Å²) in [6, 6.07) is 10.9. The van der Waals surface area contributed by atoms with E-state index in [1.54, 1.807) is 12.1 Å². The van der Waals surface area contributed by atoms with Crippen LogP contribution in [0.5, 0.6) is 0 Å². The van der Waals surface area contributed by atoms with Crippen LogP contribution in [-0.4, -0.2) is 25.3 Å². The van der Waals surface area contributed by atoms with Crippen molar-refractivity contribution in [1.29, 1.82) is 0 Å². The van der Waals surface area contributed by atoms with Crippen LogP contribution in [0.3, 0.4) is 0 Å². The van der Waals surface area contributed by atoms with Gasteiger partial charge in [0.25, 0.3) is 15.9 Å². The summed E-state index contributed by atoms with van der Waals surface area (Å²) < 4.78 is 26.6. The van der Waals surface area contributed by atoms with Crippen molar-refractivity contribution in [2.75, 3.05) is 5.32 Å². The zero-order chi connectivity index (χ0) is 22.7. The Balaban J connectivity index is 2.04. The lowest BCUT2D eigenvalue weighted by molar-refractivity contribution is -0.117. The van der Waals surface area contributed by atoms with E-state index in [-0.39, 0.29) is 21.3 Å². The monoisotopic (exact) mass is 511 g/mol. The summed E-state index contributed by atoms with van der Waals surface area (Å²) in [7, 11) is -3.91. The second kappa shape index (κ2) is 9.23. The minimum Gasteiger partial charge on any atom is -0.332 e. The van der Waals surface area contributed by atoms with Crippen molar-refractivity contribution < 1.29 is 18.0 Å². The molecule has 2 aromatic rings. The molecular weight excluding hydrogens is 490 g/mol. The van der Waals surface area contributed by atoms with E-state index in [2.05, 4.69) is 47.3 Å². The number of carbonyl (C=O) groups excluding carboxylic acids is 2. The molecule has 0 saturated carbocycles. The molecule has 3 N–H and O–H groups in total. The van der Waals surface area contributed by atoms with Crippen molar-refractivity contribution in [3.05, 3.63) is 58.1 Å². The minimum atomic E-state index is -3.91. The summed E-state index contributed by atoms with van der Waals surface area (Å²) in [5.74, 6) is -1.05. The van der Waals surface area contributed by atoms with E-state index in [0.29, 0.717) is 11.3 Å². The van der Waals surface area contributed by atoms with Crippen LogP contribution in [0.1, 0.15) is 43.6 Å². The van der Waals surface area contributed by atoms with E-state index in [1.165, 1.54) is 24.3 Å². The third kappa shape index (κ3) is 6.35. The number of hydrogen-bond donors (Lipinski definition) is 3. The van der Waals surface area contributed by atoms with E-state index in [9.17, 15) is 18.0 Å². The Kier molecular flexibility index (Phi) is 7.38. The first kappa shape index (κ1) is 24.0. The van der Waals surface area contributed by atoms with Gasteiger partial charge in [-0.15, -0.1) is 0 Å². The Morgan fingerprint density at radius 3 is 2.13 bits per heavy atom. The van der Waals surface area contributed by atoms with Gasteiger partial charge in [-0.2, -0.15) is 0 Å². The summed E-state index contributed by atoms with van der Waals surface area (Å²) in [6.45, 7) is 7.36. The number of rotatable bonds is 4. The molecule has 0 aliphatic heterocycles. The van der Waals surface area contributed by atoms with Crippen LogP contribution in [-0.2, 0) is 20.2 Å². The van der Waals surface area contributed by atoms with E-state index < -0.39 is 15.9 Å². The van der Waals surface area contributed by atoms with E-state index >= 15 is 0 Å².